The first-order chi connectivity index (χ1) is 30.0. The van der Waals surface area contributed by atoms with Gasteiger partial charge in [-0.25, -0.2) is 0 Å². The van der Waals surface area contributed by atoms with E-state index in [9.17, 15) is 20.1 Å². The van der Waals surface area contributed by atoms with Crippen molar-refractivity contribution in [3.8, 4) is 0 Å². The Morgan fingerprint density at radius 1 is 0.410 bits per heavy atom. The Morgan fingerprint density at radius 3 is 1.05 bits per heavy atom. The highest BCUT2D eigenvalue weighted by Crippen LogP contribution is 2.16. The molecule has 0 aliphatic heterocycles. The first-order valence-electron chi connectivity index (χ1n) is 26.9. The standard InChI is InChI=1S/C56H105NO4/c1-3-5-7-9-11-13-15-17-19-21-23-25-27-28-30-32-34-36-38-40-42-44-46-48-50-55(60)54(52-58)57-56(61)51-53(59)49-47-45-43-41-39-37-35-33-31-29-26-24-22-20-18-16-14-12-10-8-6-4-2/h31-34,40,42,48,50,53-55,58-60H,3-30,35-39,41,43-47,49,51-52H2,1-2H3,(H,57,61)/b33-31-,34-32+,42-40+,50-48+. The topological polar surface area (TPSA) is 89.8 Å². The predicted molar refractivity (Wildman–Crippen MR) is 268 cm³/mol. The molecule has 0 saturated heterocycles. The smallest absolute Gasteiger partial charge is 0.222 e. The highest BCUT2D eigenvalue weighted by atomic mass is 16.3. The van der Waals surface area contributed by atoms with Crippen molar-refractivity contribution in [3.63, 3.8) is 0 Å². The van der Waals surface area contributed by atoms with Crippen LogP contribution in [0.3, 0.4) is 0 Å². The van der Waals surface area contributed by atoms with E-state index in [0.717, 1.165) is 38.5 Å². The van der Waals surface area contributed by atoms with Gasteiger partial charge in [0.05, 0.1) is 31.3 Å². The average molecular weight is 856 g/mol. The Balaban J connectivity index is 3.67. The Hall–Kier alpha value is -1.69. The maximum atomic E-state index is 12.5. The van der Waals surface area contributed by atoms with Crippen LogP contribution in [0.4, 0.5) is 0 Å². The average Bonchev–Trinajstić information content (AvgIpc) is 3.25. The third kappa shape index (κ3) is 47.6. The van der Waals surface area contributed by atoms with E-state index >= 15 is 0 Å². The summed E-state index contributed by atoms with van der Waals surface area (Å²) >= 11 is 0. The largest absolute Gasteiger partial charge is 0.394 e. The number of carbonyl (C=O) groups is 1. The number of unbranched alkanes of at least 4 members (excludes halogenated alkanes) is 34. The third-order valence-corrected chi connectivity index (χ3v) is 12.3. The van der Waals surface area contributed by atoms with Gasteiger partial charge in [-0.05, 0) is 70.6 Å². The fourth-order valence-corrected chi connectivity index (χ4v) is 8.19. The minimum absolute atomic E-state index is 0.00200. The van der Waals surface area contributed by atoms with E-state index in [0.29, 0.717) is 6.42 Å². The number of nitrogens with one attached hydrogen (secondary N) is 1. The number of aliphatic hydroxyl groups excluding tert-OH is 3. The second-order valence-corrected chi connectivity index (χ2v) is 18.5. The molecule has 358 valence electrons. The lowest BCUT2D eigenvalue weighted by Crippen LogP contribution is -2.45. The molecule has 0 radical (unpaired) electrons. The lowest BCUT2D eigenvalue weighted by molar-refractivity contribution is -0.124. The molecule has 0 aromatic carbocycles. The molecule has 5 nitrogen and oxygen atoms in total. The molecule has 1 amide bonds. The van der Waals surface area contributed by atoms with E-state index in [4.69, 9.17) is 0 Å². The number of hydrogen-bond donors (Lipinski definition) is 4. The predicted octanol–water partition coefficient (Wildman–Crippen LogP) is 16.4. The summed E-state index contributed by atoms with van der Waals surface area (Å²) < 4.78 is 0. The van der Waals surface area contributed by atoms with Crippen LogP contribution in [0.2, 0.25) is 0 Å². The minimum atomic E-state index is -0.963. The first kappa shape index (κ1) is 59.3. The van der Waals surface area contributed by atoms with E-state index in [2.05, 4.69) is 55.6 Å². The number of hydrogen-bond acceptors (Lipinski definition) is 4. The van der Waals surface area contributed by atoms with Crippen molar-refractivity contribution in [3.05, 3.63) is 48.6 Å². The van der Waals surface area contributed by atoms with Gasteiger partial charge in [0.15, 0.2) is 0 Å². The lowest BCUT2D eigenvalue weighted by Gasteiger charge is -2.21. The van der Waals surface area contributed by atoms with E-state index in [1.807, 2.05) is 6.08 Å². The summed E-state index contributed by atoms with van der Waals surface area (Å²) in [6.45, 7) is 4.22. The number of aliphatic hydroxyl groups is 3. The highest BCUT2D eigenvalue weighted by molar-refractivity contribution is 5.76. The van der Waals surface area contributed by atoms with Crippen LogP contribution in [-0.4, -0.2) is 46.1 Å². The SMILES string of the molecule is CCCCCCCCCCCCCC/C=C\CCCCCCCCC(O)CC(=O)NC(CO)C(O)/C=C/CC/C=C/CC/C=C/CCCCCCCCCCCCCCCC. The van der Waals surface area contributed by atoms with Crippen molar-refractivity contribution in [2.24, 2.45) is 0 Å². The molecule has 0 saturated carbocycles. The van der Waals surface area contributed by atoms with Crippen LogP contribution < -0.4 is 5.32 Å². The van der Waals surface area contributed by atoms with Crippen molar-refractivity contribution < 1.29 is 20.1 Å². The van der Waals surface area contributed by atoms with Crippen molar-refractivity contribution in [1.82, 2.24) is 5.32 Å². The van der Waals surface area contributed by atoms with Crippen molar-refractivity contribution in [2.75, 3.05) is 6.61 Å². The summed E-state index contributed by atoms with van der Waals surface area (Å²) in [5.74, 6) is -0.331. The highest BCUT2D eigenvalue weighted by Gasteiger charge is 2.20. The second kappa shape index (κ2) is 50.9. The maximum Gasteiger partial charge on any atom is 0.222 e. The van der Waals surface area contributed by atoms with E-state index in [1.165, 1.54) is 212 Å². The monoisotopic (exact) mass is 856 g/mol. The first-order valence-corrected chi connectivity index (χ1v) is 26.9. The molecule has 0 aromatic heterocycles. The molecule has 0 rings (SSSR count). The van der Waals surface area contributed by atoms with Crippen LogP contribution in [0.5, 0.6) is 0 Å². The Labute approximate surface area is 380 Å². The summed E-state index contributed by atoms with van der Waals surface area (Å²) in [6, 6.07) is -0.771. The van der Waals surface area contributed by atoms with Crippen LogP contribution in [0.1, 0.15) is 277 Å². The van der Waals surface area contributed by atoms with Crippen LogP contribution in [0, 0.1) is 0 Å². The summed E-state index contributed by atoms with van der Waals surface area (Å²) in [7, 11) is 0. The molecule has 61 heavy (non-hydrogen) atoms. The molecule has 0 aliphatic rings. The van der Waals surface area contributed by atoms with Gasteiger partial charge < -0.3 is 20.6 Å². The zero-order chi connectivity index (χ0) is 44.4. The molecule has 3 unspecified atom stereocenters. The van der Waals surface area contributed by atoms with Gasteiger partial charge in [-0.1, -0.05) is 249 Å². The summed E-state index contributed by atoms with van der Waals surface area (Å²) in [5.41, 5.74) is 0. The summed E-state index contributed by atoms with van der Waals surface area (Å²) in [5, 5.41) is 33.4. The molecule has 0 spiro atoms. The molecule has 0 heterocycles. The molecule has 0 aromatic rings. The molecule has 3 atom stereocenters. The van der Waals surface area contributed by atoms with Gasteiger partial charge in [0.1, 0.15) is 0 Å². The maximum absolute atomic E-state index is 12.5. The van der Waals surface area contributed by atoms with Gasteiger partial charge in [0, 0.05) is 0 Å². The van der Waals surface area contributed by atoms with Gasteiger partial charge in [0.2, 0.25) is 5.91 Å². The quantitative estimate of drug-likeness (QED) is 0.0362. The Bertz CT molecular complexity index is 989. The van der Waals surface area contributed by atoms with Crippen LogP contribution in [-0.2, 0) is 4.79 Å². The fraction of sp³-hybridized carbons (Fsp3) is 0.839. The third-order valence-electron chi connectivity index (χ3n) is 12.3. The van der Waals surface area contributed by atoms with Crippen molar-refractivity contribution in [1.29, 1.82) is 0 Å². The molecule has 0 fully saturated rings. The normalized spacial score (nSPS) is 13.7. The zero-order valence-corrected chi connectivity index (χ0v) is 40.8. The van der Waals surface area contributed by atoms with Gasteiger partial charge in [-0.3, -0.25) is 4.79 Å². The minimum Gasteiger partial charge on any atom is -0.394 e. The summed E-state index contributed by atoms with van der Waals surface area (Å²) in [6.07, 6.45) is 67.2. The van der Waals surface area contributed by atoms with Crippen LogP contribution in [0.15, 0.2) is 48.6 Å². The van der Waals surface area contributed by atoms with Gasteiger partial charge >= 0.3 is 0 Å². The van der Waals surface area contributed by atoms with E-state index < -0.39 is 18.2 Å². The van der Waals surface area contributed by atoms with E-state index in [1.54, 1.807) is 6.08 Å². The van der Waals surface area contributed by atoms with Crippen molar-refractivity contribution >= 4 is 5.91 Å². The number of allylic oxidation sites excluding steroid dienone is 7. The lowest BCUT2D eigenvalue weighted by atomic mass is 10.0. The Kier molecular flexibility index (Phi) is 49.5. The van der Waals surface area contributed by atoms with Crippen molar-refractivity contribution in [2.45, 2.75) is 295 Å². The van der Waals surface area contributed by atoms with E-state index in [-0.39, 0.29) is 18.9 Å². The second-order valence-electron chi connectivity index (χ2n) is 18.5. The Morgan fingerprint density at radius 2 is 0.705 bits per heavy atom. The molecular formula is C56H105NO4. The van der Waals surface area contributed by atoms with Crippen LogP contribution in [0.25, 0.3) is 0 Å². The molecule has 5 heteroatoms. The molecular weight excluding hydrogens is 751 g/mol. The van der Waals surface area contributed by atoms with Gasteiger partial charge in [-0.15, -0.1) is 0 Å². The number of amides is 1. The molecule has 0 aliphatic carbocycles. The molecule has 4 N–H and O–H groups in total. The summed E-state index contributed by atoms with van der Waals surface area (Å²) in [4.78, 5) is 12.5. The number of rotatable bonds is 49. The number of carbonyl (C=O) groups excluding carboxylic acids is 1. The molecule has 0 bridgehead atoms. The fourth-order valence-electron chi connectivity index (χ4n) is 8.19. The zero-order valence-electron chi connectivity index (χ0n) is 40.8. The van der Waals surface area contributed by atoms with Gasteiger partial charge in [0.25, 0.3) is 0 Å². The van der Waals surface area contributed by atoms with Gasteiger partial charge in [-0.2, -0.15) is 0 Å². The van der Waals surface area contributed by atoms with Crippen LogP contribution >= 0.6 is 0 Å².